The first-order valence-corrected chi connectivity index (χ1v) is 7.05. The van der Waals surface area contributed by atoms with E-state index in [2.05, 4.69) is 56.3 Å². The van der Waals surface area contributed by atoms with Crippen molar-refractivity contribution < 1.29 is 0 Å². The van der Waals surface area contributed by atoms with Gasteiger partial charge in [0.15, 0.2) is 0 Å². The van der Waals surface area contributed by atoms with Crippen LogP contribution in [-0.4, -0.2) is 0 Å². The quantitative estimate of drug-likeness (QED) is 0.640. The van der Waals surface area contributed by atoms with E-state index in [9.17, 15) is 0 Å². The molecule has 0 spiro atoms. The third-order valence-electron chi connectivity index (χ3n) is 3.54. The number of hydrogen-bond acceptors (Lipinski definition) is 1. The second-order valence-corrected chi connectivity index (χ2v) is 5.77. The topological polar surface area (TPSA) is 0 Å². The van der Waals surface area contributed by atoms with Gasteiger partial charge in [0, 0.05) is 16.6 Å². The minimum Gasteiger partial charge on any atom is -0.121 e. The van der Waals surface area contributed by atoms with Crippen LogP contribution >= 0.6 is 11.8 Å². The van der Waals surface area contributed by atoms with Crippen molar-refractivity contribution in [2.24, 2.45) is 0 Å². The Hall–Kier alpha value is -1.21. The van der Waals surface area contributed by atoms with Crippen LogP contribution in [0.1, 0.15) is 35.1 Å². The minimum atomic E-state index is 0.510. The molecule has 0 radical (unpaired) electrons. The molecule has 0 fully saturated rings. The van der Waals surface area contributed by atoms with Crippen LogP contribution in [-0.2, 0) is 5.75 Å². The molecule has 0 aliphatic carbocycles. The lowest BCUT2D eigenvalue weighted by Gasteiger charge is -2.15. The normalized spacial score (nSPS) is 18.1. The number of thioether (sulfide) groups is 1. The first-order valence-electron chi connectivity index (χ1n) is 6.07. The van der Waals surface area contributed by atoms with Crippen molar-refractivity contribution in [2.75, 3.05) is 0 Å². The Morgan fingerprint density at radius 1 is 1.06 bits per heavy atom. The number of benzene rings is 2. The Balaban J connectivity index is 2.18. The Kier molecular flexibility index (Phi) is 2.71. The van der Waals surface area contributed by atoms with Crippen molar-refractivity contribution >= 4 is 11.8 Å². The molecule has 17 heavy (non-hydrogen) atoms. The molecular formula is C16H16S. The fourth-order valence-electron chi connectivity index (χ4n) is 2.55. The van der Waals surface area contributed by atoms with Crippen LogP contribution in [0.5, 0.6) is 0 Å². The van der Waals surface area contributed by atoms with E-state index in [1.54, 1.807) is 0 Å². The zero-order valence-electron chi connectivity index (χ0n) is 10.2. The molecule has 0 nitrogen and oxygen atoms in total. The minimum absolute atomic E-state index is 0.510. The van der Waals surface area contributed by atoms with Gasteiger partial charge in [-0.1, -0.05) is 48.9 Å². The van der Waals surface area contributed by atoms with Gasteiger partial charge in [-0.2, -0.15) is 0 Å². The van der Waals surface area contributed by atoms with Gasteiger partial charge in [-0.15, -0.1) is 11.8 Å². The summed E-state index contributed by atoms with van der Waals surface area (Å²) in [7, 11) is 0. The second kappa shape index (κ2) is 4.23. The molecule has 0 amide bonds. The van der Waals surface area contributed by atoms with Gasteiger partial charge >= 0.3 is 0 Å². The average molecular weight is 240 g/mol. The first-order chi connectivity index (χ1) is 8.25. The number of hydrogen-bond donors (Lipinski definition) is 0. The van der Waals surface area contributed by atoms with Crippen LogP contribution in [0.3, 0.4) is 0 Å². The van der Waals surface area contributed by atoms with Gasteiger partial charge in [0.05, 0.1) is 0 Å². The third-order valence-corrected chi connectivity index (χ3v) is 4.67. The summed E-state index contributed by atoms with van der Waals surface area (Å²) >= 11 is 1.96. The van der Waals surface area contributed by atoms with Crippen LogP contribution in [0.15, 0.2) is 47.4 Å². The van der Waals surface area contributed by atoms with Crippen molar-refractivity contribution in [1.29, 1.82) is 0 Å². The second-order valence-electron chi connectivity index (χ2n) is 4.75. The summed E-state index contributed by atoms with van der Waals surface area (Å²) in [6, 6.07) is 15.7. The maximum atomic E-state index is 2.34. The Bertz CT molecular complexity index is 557. The summed E-state index contributed by atoms with van der Waals surface area (Å²) < 4.78 is 0. The van der Waals surface area contributed by atoms with E-state index in [1.807, 2.05) is 11.8 Å². The highest BCUT2D eigenvalue weighted by Gasteiger charge is 2.19. The largest absolute Gasteiger partial charge is 0.121 e. The summed E-state index contributed by atoms with van der Waals surface area (Å²) in [5, 5.41) is 0. The van der Waals surface area contributed by atoms with E-state index in [0.717, 1.165) is 5.75 Å². The zero-order chi connectivity index (χ0) is 11.8. The molecule has 0 bridgehead atoms. The lowest BCUT2D eigenvalue weighted by atomic mass is 9.89. The summed E-state index contributed by atoms with van der Waals surface area (Å²) in [6.45, 7) is 4.50. The van der Waals surface area contributed by atoms with Gasteiger partial charge in [0.2, 0.25) is 0 Å². The molecule has 3 rings (SSSR count). The highest BCUT2D eigenvalue weighted by molar-refractivity contribution is 7.98. The zero-order valence-corrected chi connectivity index (χ0v) is 11.1. The van der Waals surface area contributed by atoms with E-state index in [0.29, 0.717) is 5.92 Å². The van der Waals surface area contributed by atoms with Crippen molar-refractivity contribution in [3.8, 4) is 0 Å². The average Bonchev–Trinajstić information content (AvgIpc) is 2.49. The molecule has 1 aliphatic heterocycles. The molecule has 86 valence electrons. The van der Waals surface area contributed by atoms with Crippen LogP contribution in [0.25, 0.3) is 0 Å². The fraction of sp³-hybridized carbons (Fsp3) is 0.250. The first kappa shape index (κ1) is 10.9. The Morgan fingerprint density at radius 2 is 1.88 bits per heavy atom. The predicted octanol–water partition coefficient (Wildman–Crippen LogP) is 4.75. The highest BCUT2D eigenvalue weighted by Crippen LogP contribution is 2.40. The molecule has 1 atom stereocenters. The lowest BCUT2D eigenvalue weighted by Crippen LogP contribution is -1.98. The summed E-state index contributed by atoms with van der Waals surface area (Å²) in [5.74, 6) is 1.60. The Morgan fingerprint density at radius 3 is 2.76 bits per heavy atom. The molecule has 0 saturated carbocycles. The van der Waals surface area contributed by atoms with Crippen molar-refractivity contribution in [3.63, 3.8) is 0 Å². The molecule has 1 heterocycles. The van der Waals surface area contributed by atoms with Crippen molar-refractivity contribution in [1.82, 2.24) is 0 Å². The van der Waals surface area contributed by atoms with Crippen molar-refractivity contribution in [3.05, 3.63) is 64.7 Å². The number of fused-ring (bicyclic) bond motifs is 2. The van der Waals surface area contributed by atoms with Crippen LogP contribution in [0, 0.1) is 6.92 Å². The van der Waals surface area contributed by atoms with E-state index in [4.69, 9.17) is 0 Å². The smallest absolute Gasteiger partial charge is 0.0235 e. The molecule has 0 N–H and O–H groups in total. The van der Waals surface area contributed by atoms with Crippen LogP contribution in [0.4, 0.5) is 0 Å². The molecule has 0 saturated heterocycles. The molecule has 0 aromatic heterocycles. The van der Waals surface area contributed by atoms with Gasteiger partial charge in [0.1, 0.15) is 0 Å². The summed E-state index contributed by atoms with van der Waals surface area (Å²) in [6.07, 6.45) is 0. The number of rotatable bonds is 0. The van der Waals surface area contributed by atoms with E-state index < -0.39 is 0 Å². The lowest BCUT2D eigenvalue weighted by molar-refractivity contribution is 0.888. The molecule has 2 aromatic rings. The highest BCUT2D eigenvalue weighted by atomic mass is 32.2. The van der Waals surface area contributed by atoms with E-state index in [-0.39, 0.29) is 0 Å². The third kappa shape index (κ3) is 1.89. The maximum absolute atomic E-state index is 2.34. The van der Waals surface area contributed by atoms with Crippen LogP contribution in [0.2, 0.25) is 0 Å². The standard InChI is InChI=1S/C16H16S/c1-11-7-8-16-15(9-11)12(2)14-6-4-3-5-13(14)10-17-16/h3-9,12H,10H2,1-2H3. The van der Waals surface area contributed by atoms with Gasteiger partial charge < -0.3 is 0 Å². The van der Waals surface area contributed by atoms with Gasteiger partial charge in [-0.25, -0.2) is 0 Å². The van der Waals surface area contributed by atoms with Crippen LogP contribution < -0.4 is 0 Å². The van der Waals surface area contributed by atoms with E-state index >= 15 is 0 Å². The SMILES string of the molecule is Cc1ccc2c(c1)C(C)c1ccccc1CS2. The van der Waals surface area contributed by atoms with Crippen molar-refractivity contribution in [2.45, 2.75) is 30.4 Å². The van der Waals surface area contributed by atoms with Gasteiger partial charge in [-0.3, -0.25) is 0 Å². The summed E-state index contributed by atoms with van der Waals surface area (Å²) in [4.78, 5) is 1.44. The molecular weight excluding hydrogens is 224 g/mol. The molecule has 1 aliphatic rings. The maximum Gasteiger partial charge on any atom is 0.0235 e. The summed E-state index contributed by atoms with van der Waals surface area (Å²) in [5.41, 5.74) is 5.82. The predicted molar refractivity (Wildman–Crippen MR) is 74.7 cm³/mol. The van der Waals surface area contributed by atoms with Gasteiger partial charge in [-0.05, 0) is 29.7 Å². The van der Waals surface area contributed by atoms with E-state index in [1.165, 1.54) is 27.1 Å². The monoisotopic (exact) mass is 240 g/mol. The van der Waals surface area contributed by atoms with Gasteiger partial charge in [0.25, 0.3) is 0 Å². The molecule has 1 unspecified atom stereocenters. The number of aryl methyl sites for hydroxylation is 1. The fourth-order valence-corrected chi connectivity index (χ4v) is 3.69. The molecule has 1 heteroatoms. The Labute approximate surface area is 107 Å². The molecule has 2 aromatic carbocycles.